The van der Waals surface area contributed by atoms with Crippen molar-refractivity contribution in [1.82, 2.24) is 10.4 Å². The second-order valence-corrected chi connectivity index (χ2v) is 6.54. The number of aliphatic hydroxyl groups is 1. The molecule has 2 fully saturated rings. The second-order valence-electron chi connectivity index (χ2n) is 6.54. The van der Waals surface area contributed by atoms with Crippen LogP contribution < -0.4 is 15.1 Å². The van der Waals surface area contributed by atoms with E-state index in [1.54, 1.807) is 0 Å². The fourth-order valence-corrected chi connectivity index (χ4v) is 3.12. The van der Waals surface area contributed by atoms with Gasteiger partial charge < -0.3 is 20.1 Å². The molecule has 28 heavy (non-hydrogen) atoms. The fraction of sp³-hybridized carbons (Fsp3) is 0.500. The Morgan fingerprint density at radius 2 is 1.89 bits per heavy atom. The van der Waals surface area contributed by atoms with Crippen LogP contribution >= 0.6 is 0 Å². The first-order valence-corrected chi connectivity index (χ1v) is 9.09. The average Bonchev–Trinajstić information content (AvgIpc) is 2.90. The van der Waals surface area contributed by atoms with Gasteiger partial charge in [-0.15, -0.1) is 0 Å². The Balaban J connectivity index is 1.60. The number of benzene rings is 1. The van der Waals surface area contributed by atoms with Gasteiger partial charge in [-0.05, 0) is 24.3 Å². The van der Waals surface area contributed by atoms with Gasteiger partial charge in [-0.3, -0.25) is 19.3 Å². The van der Waals surface area contributed by atoms with Crippen LogP contribution in [0.5, 0.6) is 0 Å². The van der Waals surface area contributed by atoms with Crippen molar-refractivity contribution >= 4 is 29.3 Å². The maximum atomic E-state index is 12.1. The third-order valence-electron chi connectivity index (χ3n) is 4.57. The molecule has 2 saturated heterocycles. The zero-order valence-electron chi connectivity index (χ0n) is 15.7. The summed E-state index contributed by atoms with van der Waals surface area (Å²) in [6, 6.07) is 7.46. The number of cyclic esters (lactones) is 1. The minimum atomic E-state index is -0.580. The van der Waals surface area contributed by atoms with Crippen molar-refractivity contribution in [2.75, 3.05) is 55.7 Å². The smallest absolute Gasteiger partial charge is 0.414 e. The highest BCUT2D eigenvalue weighted by Crippen LogP contribution is 2.25. The molecule has 152 valence electrons. The van der Waals surface area contributed by atoms with E-state index in [-0.39, 0.29) is 18.6 Å². The number of hydrogen-bond donors (Lipinski definition) is 2. The molecule has 0 unspecified atom stereocenters. The second kappa shape index (κ2) is 8.89. The molecule has 0 aromatic heterocycles. The Morgan fingerprint density at radius 1 is 1.18 bits per heavy atom. The summed E-state index contributed by atoms with van der Waals surface area (Å²) in [6.45, 7) is 3.33. The Hall–Kier alpha value is -2.85. The summed E-state index contributed by atoms with van der Waals surface area (Å²) >= 11 is 0. The molecule has 3 rings (SSSR count). The minimum absolute atomic E-state index is 0.167. The molecule has 1 aromatic rings. The van der Waals surface area contributed by atoms with Gasteiger partial charge in [-0.1, -0.05) is 0 Å². The largest absolute Gasteiger partial charge is 0.442 e. The lowest BCUT2D eigenvalue weighted by Crippen LogP contribution is -2.36. The van der Waals surface area contributed by atoms with Crippen molar-refractivity contribution in [2.24, 2.45) is 0 Å². The van der Waals surface area contributed by atoms with Gasteiger partial charge in [0.05, 0.1) is 26.2 Å². The Labute approximate surface area is 162 Å². The Kier molecular flexibility index (Phi) is 6.32. The predicted octanol–water partition coefficient (Wildman–Crippen LogP) is -0.280. The van der Waals surface area contributed by atoms with Crippen molar-refractivity contribution in [2.45, 2.75) is 13.0 Å². The maximum absolute atomic E-state index is 12.1. The van der Waals surface area contributed by atoms with Gasteiger partial charge >= 0.3 is 6.09 Å². The summed E-state index contributed by atoms with van der Waals surface area (Å²) in [4.78, 5) is 43.6. The molecule has 0 radical (unpaired) electrons. The fourth-order valence-electron chi connectivity index (χ4n) is 3.12. The van der Waals surface area contributed by atoms with Crippen molar-refractivity contribution < 1.29 is 29.1 Å². The molecule has 3 amide bonds. The highest BCUT2D eigenvalue weighted by atomic mass is 16.7. The van der Waals surface area contributed by atoms with Gasteiger partial charge in [0.1, 0.15) is 12.7 Å². The highest BCUT2D eigenvalue weighted by Gasteiger charge is 2.32. The van der Waals surface area contributed by atoms with Crippen molar-refractivity contribution in [3.8, 4) is 0 Å². The van der Waals surface area contributed by atoms with E-state index in [0.717, 1.165) is 5.69 Å². The number of aliphatic hydroxyl groups excluding tert-OH is 1. The van der Waals surface area contributed by atoms with E-state index in [2.05, 4.69) is 10.2 Å². The van der Waals surface area contributed by atoms with E-state index < -0.39 is 18.6 Å². The van der Waals surface area contributed by atoms with E-state index in [0.29, 0.717) is 38.5 Å². The molecule has 1 atom stereocenters. The average molecular weight is 392 g/mol. The molecule has 2 heterocycles. The van der Waals surface area contributed by atoms with Crippen LogP contribution in [-0.4, -0.2) is 80.1 Å². The lowest BCUT2D eigenvalue weighted by molar-refractivity contribution is -0.184. The Bertz CT molecular complexity index is 725. The van der Waals surface area contributed by atoms with Crippen molar-refractivity contribution in [3.05, 3.63) is 24.3 Å². The first-order chi connectivity index (χ1) is 13.5. The maximum Gasteiger partial charge on any atom is 0.414 e. The predicted molar refractivity (Wildman–Crippen MR) is 99.7 cm³/mol. The summed E-state index contributed by atoms with van der Waals surface area (Å²) in [5, 5.41) is 12.8. The third-order valence-corrected chi connectivity index (χ3v) is 4.57. The molecule has 10 heteroatoms. The molecule has 10 nitrogen and oxygen atoms in total. The van der Waals surface area contributed by atoms with Gasteiger partial charge in [0.25, 0.3) is 5.91 Å². The lowest BCUT2D eigenvalue weighted by Gasteiger charge is -2.23. The van der Waals surface area contributed by atoms with E-state index in [1.807, 2.05) is 24.3 Å². The Morgan fingerprint density at radius 3 is 2.57 bits per heavy atom. The number of hydroxylamine groups is 2. The summed E-state index contributed by atoms with van der Waals surface area (Å²) in [5.74, 6) is -0.627. The van der Waals surface area contributed by atoms with Gasteiger partial charge in [0.2, 0.25) is 5.91 Å². The van der Waals surface area contributed by atoms with Gasteiger partial charge in [0.15, 0.2) is 0 Å². The molecule has 2 aliphatic rings. The number of amides is 3. The standard InChI is InChI=1S/C18H24N4O6/c1-13(24)19-10-16-11-21(18(26)28-16)15-4-2-14(3-5-15)20-6-7-22(17(25)12-23)27-9-8-20/h2-5,16,23H,6-12H2,1H3,(H,19,24)/t16-/m0/s1. The SMILES string of the molecule is CC(=O)NC[C@H]1CN(c2ccc(N3CCON(C(=O)CO)CC3)cc2)C(=O)O1. The summed E-state index contributed by atoms with van der Waals surface area (Å²) < 4.78 is 5.27. The molecule has 2 N–H and O–H groups in total. The van der Waals surface area contributed by atoms with Gasteiger partial charge in [-0.2, -0.15) is 0 Å². The molecule has 0 saturated carbocycles. The molecule has 2 aliphatic heterocycles. The number of carbonyl (C=O) groups is 3. The molecular weight excluding hydrogens is 368 g/mol. The monoisotopic (exact) mass is 392 g/mol. The minimum Gasteiger partial charge on any atom is -0.442 e. The third kappa shape index (κ3) is 4.70. The zero-order valence-corrected chi connectivity index (χ0v) is 15.7. The number of ether oxygens (including phenoxy) is 1. The quantitative estimate of drug-likeness (QED) is 0.709. The van der Waals surface area contributed by atoms with Gasteiger partial charge in [-0.25, -0.2) is 9.86 Å². The first kappa shape index (κ1) is 19.9. The zero-order chi connectivity index (χ0) is 20.1. The van der Waals surface area contributed by atoms with Crippen LogP contribution in [0.2, 0.25) is 0 Å². The molecule has 0 bridgehead atoms. The van der Waals surface area contributed by atoms with Crippen LogP contribution in [0.25, 0.3) is 0 Å². The number of carbonyl (C=O) groups excluding carboxylic acids is 3. The summed E-state index contributed by atoms with van der Waals surface area (Å²) in [7, 11) is 0. The summed E-state index contributed by atoms with van der Waals surface area (Å²) in [5.41, 5.74) is 1.65. The number of nitrogens with one attached hydrogen (secondary N) is 1. The molecule has 1 aromatic carbocycles. The number of nitrogens with zero attached hydrogens (tertiary/aromatic N) is 3. The van der Waals surface area contributed by atoms with E-state index in [4.69, 9.17) is 14.7 Å². The van der Waals surface area contributed by atoms with Crippen molar-refractivity contribution in [1.29, 1.82) is 0 Å². The van der Waals surface area contributed by atoms with Gasteiger partial charge in [0, 0.05) is 31.4 Å². The van der Waals surface area contributed by atoms with Crippen LogP contribution in [0.4, 0.5) is 16.2 Å². The van der Waals surface area contributed by atoms with Crippen LogP contribution in [0.3, 0.4) is 0 Å². The number of hydrogen-bond acceptors (Lipinski definition) is 7. The lowest BCUT2D eigenvalue weighted by atomic mass is 10.2. The van der Waals surface area contributed by atoms with Crippen molar-refractivity contribution in [3.63, 3.8) is 0 Å². The first-order valence-electron chi connectivity index (χ1n) is 9.09. The topological polar surface area (TPSA) is 112 Å². The van der Waals surface area contributed by atoms with Crippen LogP contribution in [-0.2, 0) is 19.2 Å². The van der Waals surface area contributed by atoms with Crippen LogP contribution in [0.1, 0.15) is 6.92 Å². The van der Waals surface area contributed by atoms with E-state index in [1.165, 1.54) is 16.9 Å². The molecule has 0 spiro atoms. The highest BCUT2D eigenvalue weighted by molar-refractivity contribution is 5.90. The number of anilines is 2. The summed E-state index contributed by atoms with van der Waals surface area (Å²) in [6.07, 6.45) is -0.821. The van der Waals surface area contributed by atoms with Crippen LogP contribution in [0.15, 0.2) is 24.3 Å². The van der Waals surface area contributed by atoms with E-state index in [9.17, 15) is 14.4 Å². The normalized spacial score (nSPS) is 20.0. The number of rotatable bonds is 5. The van der Waals surface area contributed by atoms with E-state index >= 15 is 0 Å². The molecule has 0 aliphatic carbocycles. The van der Waals surface area contributed by atoms with Crippen LogP contribution in [0, 0.1) is 0 Å². The molecular formula is C18H24N4O6.